The molecule has 0 radical (unpaired) electrons. The predicted molar refractivity (Wildman–Crippen MR) is 82.2 cm³/mol. The summed E-state index contributed by atoms with van der Waals surface area (Å²) in [6.07, 6.45) is 9.00. The number of aliphatic hydroxyl groups excluding tert-OH is 2. The summed E-state index contributed by atoms with van der Waals surface area (Å²) in [5, 5.41) is 32.2. The minimum absolute atomic E-state index is 0.0833. The molecule has 1 aliphatic rings. The van der Waals surface area contributed by atoms with Gasteiger partial charge in [-0.15, -0.1) is 0 Å². The lowest BCUT2D eigenvalue weighted by molar-refractivity contribution is 0.0681. The number of hydrogen-bond acceptors (Lipinski definition) is 4. The van der Waals surface area contributed by atoms with Gasteiger partial charge in [-0.05, 0) is 24.3 Å². The zero-order valence-electron chi connectivity index (χ0n) is 12.6. The van der Waals surface area contributed by atoms with Crippen molar-refractivity contribution in [1.82, 2.24) is 0 Å². The van der Waals surface area contributed by atoms with Crippen molar-refractivity contribution in [3.8, 4) is 0 Å². The smallest absolute Gasteiger partial charge is 0.335 e. The molecule has 6 nitrogen and oxygen atoms in total. The molecule has 0 amide bonds. The number of carboxylic acids is 2. The third-order valence-corrected chi connectivity index (χ3v) is 2.98. The van der Waals surface area contributed by atoms with Crippen molar-refractivity contribution in [3.05, 3.63) is 35.4 Å². The van der Waals surface area contributed by atoms with Gasteiger partial charge in [0, 0.05) is 0 Å². The van der Waals surface area contributed by atoms with Gasteiger partial charge in [-0.1, -0.05) is 38.5 Å². The van der Waals surface area contributed by atoms with Crippen LogP contribution in [0.15, 0.2) is 24.3 Å². The van der Waals surface area contributed by atoms with Crippen LogP contribution < -0.4 is 0 Å². The standard InChI is InChI=1S/C8H6O4.C6H12.C2H6O2/c9-7(10)5-1-2-6(4-3-5)8(11)12;1-2-4-6-5-3-1;3-1-2-4/h1-4H,(H,9,10)(H,11,12);1-6H2;3-4H,1-2H2. The maximum atomic E-state index is 10.3. The summed E-state index contributed by atoms with van der Waals surface area (Å²) in [5.41, 5.74) is 0.167. The number of hydrogen-bond donors (Lipinski definition) is 4. The Morgan fingerprint density at radius 3 is 1.05 bits per heavy atom. The van der Waals surface area contributed by atoms with Crippen molar-refractivity contribution in [2.24, 2.45) is 0 Å². The van der Waals surface area contributed by atoms with Gasteiger partial charge in [0.15, 0.2) is 0 Å². The minimum atomic E-state index is -1.06. The van der Waals surface area contributed by atoms with Gasteiger partial charge in [0.1, 0.15) is 0 Å². The summed E-state index contributed by atoms with van der Waals surface area (Å²) >= 11 is 0. The second-order valence-electron chi connectivity index (χ2n) is 4.76. The predicted octanol–water partition coefficient (Wildman–Crippen LogP) is 2.39. The molecular formula is C16H24O6. The van der Waals surface area contributed by atoms with E-state index in [9.17, 15) is 9.59 Å². The van der Waals surface area contributed by atoms with Crippen LogP contribution in [0.1, 0.15) is 59.2 Å². The zero-order valence-corrected chi connectivity index (χ0v) is 12.6. The Morgan fingerprint density at radius 2 is 0.909 bits per heavy atom. The molecule has 4 N–H and O–H groups in total. The molecule has 0 atom stereocenters. The SMILES string of the molecule is C1CCCCC1.O=C(O)c1ccc(C(=O)O)cc1.OCCO. The highest BCUT2D eigenvalue weighted by Crippen LogP contribution is 2.15. The van der Waals surface area contributed by atoms with E-state index in [0.717, 1.165) is 0 Å². The van der Waals surface area contributed by atoms with E-state index in [-0.39, 0.29) is 24.3 Å². The Balaban J connectivity index is 0.000000366. The number of rotatable bonds is 3. The summed E-state index contributed by atoms with van der Waals surface area (Å²) in [6, 6.07) is 5.02. The van der Waals surface area contributed by atoms with Gasteiger partial charge in [-0.2, -0.15) is 0 Å². The van der Waals surface area contributed by atoms with E-state index in [1.54, 1.807) is 0 Å². The third-order valence-electron chi connectivity index (χ3n) is 2.98. The molecule has 0 heterocycles. The first-order valence-corrected chi connectivity index (χ1v) is 7.31. The summed E-state index contributed by atoms with van der Waals surface area (Å²) in [7, 11) is 0. The van der Waals surface area contributed by atoms with Gasteiger partial charge in [-0.25, -0.2) is 9.59 Å². The van der Waals surface area contributed by atoms with Crippen LogP contribution in [0, 0.1) is 0 Å². The fourth-order valence-electron chi connectivity index (χ4n) is 1.82. The van der Waals surface area contributed by atoms with Crippen LogP contribution in [0.4, 0.5) is 0 Å². The molecule has 2 rings (SSSR count). The molecule has 0 aromatic heterocycles. The molecule has 1 aromatic rings. The first-order chi connectivity index (χ1) is 10.5. The molecule has 1 aromatic carbocycles. The Hall–Kier alpha value is -1.92. The van der Waals surface area contributed by atoms with Gasteiger partial charge in [0.2, 0.25) is 0 Å². The van der Waals surface area contributed by atoms with Gasteiger partial charge in [-0.3, -0.25) is 0 Å². The largest absolute Gasteiger partial charge is 0.478 e. The molecule has 1 saturated carbocycles. The van der Waals surface area contributed by atoms with Crippen LogP contribution in [-0.2, 0) is 0 Å². The molecule has 0 unspecified atom stereocenters. The fourth-order valence-corrected chi connectivity index (χ4v) is 1.82. The van der Waals surface area contributed by atoms with E-state index in [4.69, 9.17) is 20.4 Å². The molecular weight excluding hydrogens is 288 g/mol. The first kappa shape index (κ1) is 20.1. The Morgan fingerprint density at radius 1 is 0.682 bits per heavy atom. The average molecular weight is 312 g/mol. The monoisotopic (exact) mass is 312 g/mol. The molecule has 124 valence electrons. The van der Waals surface area contributed by atoms with Crippen molar-refractivity contribution in [3.63, 3.8) is 0 Å². The average Bonchev–Trinajstić information content (AvgIpc) is 2.57. The van der Waals surface area contributed by atoms with E-state index < -0.39 is 11.9 Å². The van der Waals surface area contributed by atoms with Crippen LogP contribution in [0.25, 0.3) is 0 Å². The molecule has 1 fully saturated rings. The lowest BCUT2D eigenvalue weighted by Gasteiger charge is -2.05. The van der Waals surface area contributed by atoms with Crippen molar-refractivity contribution in [2.75, 3.05) is 13.2 Å². The topological polar surface area (TPSA) is 115 Å². The number of benzene rings is 1. The Kier molecular flexibility index (Phi) is 11.7. The third kappa shape index (κ3) is 9.90. The zero-order chi connectivity index (χ0) is 16.8. The van der Waals surface area contributed by atoms with E-state index in [1.807, 2.05) is 0 Å². The van der Waals surface area contributed by atoms with Crippen LogP contribution in [-0.4, -0.2) is 45.6 Å². The number of aromatic carboxylic acids is 2. The minimum Gasteiger partial charge on any atom is -0.478 e. The molecule has 1 aliphatic carbocycles. The van der Waals surface area contributed by atoms with Crippen LogP contribution >= 0.6 is 0 Å². The van der Waals surface area contributed by atoms with Crippen LogP contribution in [0.5, 0.6) is 0 Å². The normalized spacial score (nSPS) is 13.0. The lowest BCUT2D eigenvalue weighted by atomic mass is 10.0. The molecule has 0 bridgehead atoms. The highest BCUT2D eigenvalue weighted by molar-refractivity contribution is 5.91. The Bertz CT molecular complexity index is 376. The number of carboxylic acid groups (broad SMARTS) is 2. The fraction of sp³-hybridized carbons (Fsp3) is 0.500. The van der Waals surface area contributed by atoms with Gasteiger partial charge < -0.3 is 20.4 Å². The van der Waals surface area contributed by atoms with Crippen molar-refractivity contribution in [1.29, 1.82) is 0 Å². The summed E-state index contributed by atoms with van der Waals surface area (Å²) in [6.45, 7) is -0.250. The molecule has 0 saturated heterocycles. The summed E-state index contributed by atoms with van der Waals surface area (Å²) in [5.74, 6) is -2.13. The summed E-state index contributed by atoms with van der Waals surface area (Å²) in [4.78, 5) is 20.7. The Labute approximate surface area is 130 Å². The van der Waals surface area contributed by atoms with E-state index >= 15 is 0 Å². The quantitative estimate of drug-likeness (QED) is 0.681. The second kappa shape index (κ2) is 12.8. The van der Waals surface area contributed by atoms with Crippen molar-refractivity contribution >= 4 is 11.9 Å². The van der Waals surface area contributed by atoms with E-state index in [2.05, 4.69) is 0 Å². The molecule has 6 heteroatoms. The van der Waals surface area contributed by atoms with Gasteiger partial charge in [0.25, 0.3) is 0 Å². The summed E-state index contributed by atoms with van der Waals surface area (Å²) < 4.78 is 0. The highest BCUT2D eigenvalue weighted by Gasteiger charge is 2.04. The lowest BCUT2D eigenvalue weighted by Crippen LogP contribution is -1.99. The van der Waals surface area contributed by atoms with Crippen LogP contribution in [0.3, 0.4) is 0 Å². The maximum Gasteiger partial charge on any atom is 0.335 e. The van der Waals surface area contributed by atoms with Gasteiger partial charge >= 0.3 is 11.9 Å². The second-order valence-corrected chi connectivity index (χ2v) is 4.76. The maximum absolute atomic E-state index is 10.3. The number of carbonyl (C=O) groups is 2. The van der Waals surface area contributed by atoms with E-state index in [1.165, 1.54) is 62.8 Å². The van der Waals surface area contributed by atoms with Crippen LogP contribution in [0.2, 0.25) is 0 Å². The van der Waals surface area contributed by atoms with Crippen molar-refractivity contribution < 1.29 is 30.0 Å². The van der Waals surface area contributed by atoms with E-state index in [0.29, 0.717) is 0 Å². The highest BCUT2D eigenvalue weighted by atomic mass is 16.4. The molecule has 0 aliphatic heterocycles. The molecule has 0 spiro atoms. The van der Waals surface area contributed by atoms with Gasteiger partial charge in [0.05, 0.1) is 24.3 Å². The molecule has 22 heavy (non-hydrogen) atoms. The van der Waals surface area contributed by atoms with Crippen molar-refractivity contribution in [2.45, 2.75) is 38.5 Å². The first-order valence-electron chi connectivity index (χ1n) is 7.31. The number of aliphatic hydroxyl groups is 2.